The van der Waals surface area contributed by atoms with Gasteiger partial charge < -0.3 is 10.2 Å². The first kappa shape index (κ1) is 15.2. The summed E-state index contributed by atoms with van der Waals surface area (Å²) in [6, 6.07) is 9.13. The number of rotatable bonds is 0. The second-order valence-electron chi connectivity index (χ2n) is 2.67. The van der Waals surface area contributed by atoms with E-state index in [1.807, 2.05) is 18.2 Å². The fourth-order valence-corrected chi connectivity index (χ4v) is 1.09. The Morgan fingerprint density at radius 3 is 2.38 bits per heavy atom. The molecule has 0 fully saturated rings. The number of aromatic nitrogens is 1. The summed E-state index contributed by atoms with van der Waals surface area (Å²) in [4.78, 5) is 4.03. The van der Waals surface area contributed by atoms with Crippen molar-refractivity contribution in [1.82, 2.24) is 4.98 Å². The van der Waals surface area contributed by atoms with E-state index in [4.69, 9.17) is 5.11 Å². The van der Waals surface area contributed by atoms with Gasteiger partial charge in [0.15, 0.2) is 0 Å². The monoisotopic (exact) mass is 289 g/mol. The second-order valence-corrected chi connectivity index (χ2v) is 2.67. The van der Waals surface area contributed by atoms with Crippen LogP contribution in [-0.2, 0) is 15.1 Å². The van der Waals surface area contributed by atoms with Gasteiger partial charge in [-0.05, 0) is 19.1 Å². The predicted octanol–water partition coefficient (Wildman–Crippen LogP) is 2.63. The number of aromatic hydroxyl groups is 1. The Morgan fingerprint density at radius 2 is 1.81 bits per heavy atom. The maximum atomic E-state index is 9.31. The number of hydrogen-bond donors (Lipinski definition) is 2. The maximum absolute atomic E-state index is 9.31. The Balaban J connectivity index is 0.000000394. The molecule has 2 aromatic rings. The summed E-state index contributed by atoms with van der Waals surface area (Å²) in [7, 11) is 4.20. The van der Waals surface area contributed by atoms with Crippen molar-refractivity contribution in [3.63, 3.8) is 0 Å². The van der Waals surface area contributed by atoms with Crippen LogP contribution in [0.1, 0.15) is 6.92 Å². The van der Waals surface area contributed by atoms with Gasteiger partial charge in [0, 0.05) is 18.2 Å². The van der Waals surface area contributed by atoms with Crippen molar-refractivity contribution >= 4 is 21.0 Å². The van der Waals surface area contributed by atoms with Crippen LogP contribution in [0.4, 0.5) is 0 Å². The van der Waals surface area contributed by atoms with Crippen molar-refractivity contribution in [2.45, 2.75) is 6.92 Å². The van der Waals surface area contributed by atoms with Crippen molar-refractivity contribution in [2.24, 2.45) is 0 Å². The molecule has 0 aliphatic rings. The standard InChI is InChI=1S/C9H7NO.C2H6O.ClH.Cu/c11-8-5-1-3-7-4-2-6-10-9(7)8;1-2-3;;/h1-6,11H;3H,2H2,1H3;1H;/q;;;+1/p-1. The Bertz CT molecular complexity index is 407. The molecule has 1 heterocycles. The van der Waals surface area contributed by atoms with Gasteiger partial charge in [-0.25, -0.2) is 0 Å². The van der Waals surface area contributed by atoms with Crippen LogP contribution in [0.25, 0.3) is 10.9 Å². The molecular weight excluding hydrogens is 277 g/mol. The second kappa shape index (κ2) is 9.43. The number of aliphatic hydroxyl groups is 1. The summed E-state index contributed by atoms with van der Waals surface area (Å²) in [5.74, 6) is 0.239. The average molecular weight is 290 g/mol. The molecule has 0 atom stereocenters. The molecule has 3 nitrogen and oxygen atoms in total. The number of nitrogens with zero attached hydrogens (tertiary/aromatic N) is 1. The minimum atomic E-state index is 0.239. The fourth-order valence-electron chi connectivity index (χ4n) is 1.09. The molecule has 0 aliphatic carbocycles. The molecular formula is C11H13ClCuNO2. The molecule has 2 rings (SSSR count). The number of hydrogen-bond acceptors (Lipinski definition) is 3. The van der Waals surface area contributed by atoms with Gasteiger partial charge in [0.05, 0.1) is 0 Å². The minimum absolute atomic E-state index is 0.239. The third-order valence-electron chi connectivity index (χ3n) is 1.61. The van der Waals surface area contributed by atoms with E-state index in [2.05, 4.69) is 30.2 Å². The SMILES string of the molecule is CCO.Oc1cccc2cccnc12.[Cl][Cu]. The van der Waals surface area contributed by atoms with Crippen LogP contribution in [0.3, 0.4) is 0 Å². The Labute approximate surface area is 107 Å². The molecule has 0 unspecified atom stereocenters. The van der Waals surface area contributed by atoms with Crippen molar-refractivity contribution < 1.29 is 25.3 Å². The van der Waals surface area contributed by atoms with Crippen molar-refractivity contribution in [1.29, 1.82) is 0 Å². The zero-order valence-electron chi connectivity index (χ0n) is 8.69. The molecule has 0 aliphatic heterocycles. The number of halogens is 1. The number of benzene rings is 1. The average Bonchev–Trinajstić information content (AvgIpc) is 2.33. The van der Waals surface area contributed by atoms with Gasteiger partial charge in [-0.2, -0.15) is 0 Å². The third-order valence-corrected chi connectivity index (χ3v) is 1.61. The summed E-state index contributed by atoms with van der Waals surface area (Å²) in [5, 5.41) is 17.8. The van der Waals surface area contributed by atoms with Crippen LogP contribution in [0.15, 0.2) is 36.5 Å². The molecule has 0 radical (unpaired) electrons. The van der Waals surface area contributed by atoms with Crippen LogP contribution >= 0.6 is 10.1 Å². The number of pyridine rings is 1. The van der Waals surface area contributed by atoms with Gasteiger partial charge in [-0.3, -0.25) is 4.98 Å². The van der Waals surface area contributed by atoms with Crippen molar-refractivity contribution in [2.75, 3.05) is 6.61 Å². The summed E-state index contributed by atoms with van der Waals surface area (Å²) in [6.07, 6.45) is 1.67. The quantitative estimate of drug-likeness (QED) is 0.733. The molecule has 0 bridgehead atoms. The summed E-state index contributed by atoms with van der Waals surface area (Å²) in [5.41, 5.74) is 0.662. The van der Waals surface area contributed by atoms with Crippen LogP contribution in [0.5, 0.6) is 5.75 Å². The fraction of sp³-hybridized carbons (Fsp3) is 0.182. The van der Waals surface area contributed by atoms with Crippen molar-refractivity contribution in [3.8, 4) is 5.75 Å². The van der Waals surface area contributed by atoms with Gasteiger partial charge >= 0.3 is 25.2 Å². The van der Waals surface area contributed by atoms with Crippen LogP contribution in [0.2, 0.25) is 0 Å². The zero-order chi connectivity index (χ0) is 12.4. The van der Waals surface area contributed by atoms with E-state index >= 15 is 0 Å². The van der Waals surface area contributed by atoms with Gasteiger partial charge in [0.2, 0.25) is 0 Å². The van der Waals surface area contributed by atoms with Gasteiger partial charge in [0.25, 0.3) is 0 Å². The van der Waals surface area contributed by atoms with E-state index < -0.39 is 0 Å². The van der Waals surface area contributed by atoms with E-state index in [-0.39, 0.29) is 12.4 Å². The summed E-state index contributed by atoms with van der Waals surface area (Å²) >= 11 is 3.66. The van der Waals surface area contributed by atoms with E-state index in [1.165, 1.54) is 0 Å². The van der Waals surface area contributed by atoms with Crippen LogP contribution in [-0.4, -0.2) is 21.8 Å². The predicted molar refractivity (Wildman–Crippen MR) is 62.0 cm³/mol. The molecule has 2 N–H and O–H groups in total. The first-order chi connectivity index (χ1) is 7.79. The zero-order valence-corrected chi connectivity index (χ0v) is 10.4. The number of phenolic OH excluding ortho intramolecular Hbond substituents is 1. The molecule has 92 valence electrons. The Morgan fingerprint density at radius 1 is 1.25 bits per heavy atom. The normalized spacial score (nSPS) is 8.56. The van der Waals surface area contributed by atoms with Crippen LogP contribution < -0.4 is 0 Å². The van der Waals surface area contributed by atoms with Gasteiger partial charge in [-0.15, -0.1) is 0 Å². The topological polar surface area (TPSA) is 53.4 Å². The van der Waals surface area contributed by atoms with Crippen molar-refractivity contribution in [3.05, 3.63) is 36.5 Å². The molecule has 0 amide bonds. The van der Waals surface area contributed by atoms with Gasteiger partial charge in [0.1, 0.15) is 11.3 Å². The Hall–Kier alpha value is -0.801. The van der Waals surface area contributed by atoms with E-state index in [1.54, 1.807) is 25.3 Å². The summed E-state index contributed by atoms with van der Waals surface area (Å²) in [6.45, 7) is 1.93. The van der Waals surface area contributed by atoms with E-state index in [0.717, 1.165) is 5.39 Å². The van der Waals surface area contributed by atoms with E-state index in [9.17, 15) is 5.11 Å². The first-order valence-electron chi connectivity index (χ1n) is 4.54. The number of fused-ring (bicyclic) bond motifs is 1. The number of phenols is 1. The Kier molecular flexibility index (Phi) is 8.96. The summed E-state index contributed by atoms with van der Waals surface area (Å²) < 4.78 is 0. The van der Waals surface area contributed by atoms with Crippen LogP contribution in [0, 0.1) is 0 Å². The first-order valence-corrected chi connectivity index (χ1v) is 5.84. The molecule has 0 spiro atoms. The molecule has 1 aromatic carbocycles. The molecule has 0 saturated carbocycles. The number of aliphatic hydroxyl groups excluding tert-OH is 1. The molecule has 1 aromatic heterocycles. The molecule has 16 heavy (non-hydrogen) atoms. The molecule has 5 heteroatoms. The van der Waals surface area contributed by atoms with E-state index in [0.29, 0.717) is 5.52 Å². The number of para-hydroxylation sites is 1. The third kappa shape index (κ3) is 4.81. The molecule has 0 saturated heterocycles. The van der Waals surface area contributed by atoms with Gasteiger partial charge in [-0.1, -0.05) is 18.2 Å².